The van der Waals surface area contributed by atoms with E-state index in [-0.39, 0.29) is 17.7 Å². The molecule has 0 spiro atoms. The Morgan fingerprint density at radius 3 is 2.67 bits per heavy atom. The molecule has 6 nitrogen and oxygen atoms in total. The van der Waals surface area contributed by atoms with E-state index in [1.807, 2.05) is 12.1 Å². The third kappa shape index (κ3) is 4.96. The van der Waals surface area contributed by atoms with Crippen LogP contribution in [0, 0.1) is 11.8 Å². The average Bonchev–Trinajstić information content (AvgIpc) is 2.60. The maximum Gasteiger partial charge on any atom is 0.253 e. The van der Waals surface area contributed by atoms with Crippen molar-refractivity contribution in [3.05, 3.63) is 29.8 Å². The summed E-state index contributed by atoms with van der Waals surface area (Å²) in [5.41, 5.74) is 2.81. The van der Waals surface area contributed by atoms with Crippen LogP contribution in [0.25, 0.3) is 0 Å². The first-order valence-corrected chi connectivity index (χ1v) is 8.54. The molecule has 132 valence electrons. The minimum absolute atomic E-state index is 0.0177. The molecule has 0 aliphatic carbocycles. The predicted octanol–water partition coefficient (Wildman–Crippen LogP) is 1.95. The lowest BCUT2D eigenvalue weighted by Gasteiger charge is -2.31. The number of rotatable bonds is 6. The second kappa shape index (κ2) is 8.68. The topological polar surface area (TPSA) is 84.7 Å². The van der Waals surface area contributed by atoms with Gasteiger partial charge in [0.1, 0.15) is 5.75 Å². The number of carbonyl (C=O) groups is 2. The molecule has 24 heavy (non-hydrogen) atoms. The zero-order valence-electron chi connectivity index (χ0n) is 14.5. The van der Waals surface area contributed by atoms with Gasteiger partial charge in [0.25, 0.3) is 5.91 Å². The van der Waals surface area contributed by atoms with Gasteiger partial charge >= 0.3 is 0 Å². The van der Waals surface area contributed by atoms with Crippen molar-refractivity contribution < 1.29 is 14.3 Å². The van der Waals surface area contributed by atoms with Gasteiger partial charge in [0.2, 0.25) is 5.91 Å². The fourth-order valence-corrected chi connectivity index (χ4v) is 2.78. The van der Waals surface area contributed by atoms with E-state index in [2.05, 4.69) is 19.3 Å². The zero-order chi connectivity index (χ0) is 17.5. The Kier molecular flexibility index (Phi) is 6.61. The summed E-state index contributed by atoms with van der Waals surface area (Å²) in [7, 11) is 0. The molecule has 0 atom stereocenters. The number of likely N-dealkylation sites (tertiary alicyclic amines) is 1. The highest BCUT2D eigenvalue weighted by molar-refractivity contribution is 5.94. The number of nitrogens with two attached hydrogens (primary N) is 1. The first-order valence-electron chi connectivity index (χ1n) is 8.54. The number of ether oxygens (including phenoxy) is 1. The largest absolute Gasteiger partial charge is 0.494 e. The van der Waals surface area contributed by atoms with Crippen LogP contribution in [-0.4, -0.2) is 36.4 Å². The Balaban J connectivity index is 1.92. The van der Waals surface area contributed by atoms with Crippen LogP contribution in [0.4, 0.5) is 0 Å². The summed E-state index contributed by atoms with van der Waals surface area (Å²) in [5, 5.41) is 0. The maximum absolute atomic E-state index is 12.6. The van der Waals surface area contributed by atoms with Gasteiger partial charge in [-0.2, -0.15) is 0 Å². The summed E-state index contributed by atoms with van der Waals surface area (Å²) in [6, 6.07) is 7.30. The molecule has 1 aliphatic heterocycles. The van der Waals surface area contributed by atoms with Crippen molar-refractivity contribution in [2.24, 2.45) is 17.7 Å². The van der Waals surface area contributed by atoms with Gasteiger partial charge in [-0.15, -0.1) is 0 Å². The number of hydrogen-bond acceptors (Lipinski definition) is 4. The number of piperidine rings is 1. The Labute approximate surface area is 143 Å². The molecule has 3 N–H and O–H groups in total. The highest BCUT2D eigenvalue weighted by Gasteiger charge is 2.27. The molecule has 0 bridgehead atoms. The van der Waals surface area contributed by atoms with Gasteiger partial charge in [0.15, 0.2) is 0 Å². The quantitative estimate of drug-likeness (QED) is 0.473. The van der Waals surface area contributed by atoms with Crippen LogP contribution in [0.5, 0.6) is 5.75 Å². The lowest BCUT2D eigenvalue weighted by molar-refractivity contribution is -0.126. The summed E-state index contributed by atoms with van der Waals surface area (Å²) < 4.78 is 5.72. The highest BCUT2D eigenvalue weighted by atomic mass is 16.5. The average molecular weight is 333 g/mol. The van der Waals surface area contributed by atoms with Gasteiger partial charge in [0, 0.05) is 24.6 Å². The number of hydrazine groups is 1. The molecular weight excluding hydrogens is 306 g/mol. The number of amides is 2. The van der Waals surface area contributed by atoms with Crippen LogP contribution in [-0.2, 0) is 4.79 Å². The van der Waals surface area contributed by atoms with Crippen molar-refractivity contribution in [3.63, 3.8) is 0 Å². The van der Waals surface area contributed by atoms with Crippen LogP contribution >= 0.6 is 0 Å². The molecule has 1 aliphatic rings. The SMILES string of the molecule is CC(C)CCOc1cccc(C(=O)N2CCC(C(=O)NN)CC2)c1. The molecule has 1 aromatic carbocycles. The van der Waals surface area contributed by atoms with Gasteiger partial charge in [-0.25, -0.2) is 5.84 Å². The molecule has 0 saturated carbocycles. The van der Waals surface area contributed by atoms with E-state index in [4.69, 9.17) is 10.6 Å². The normalized spacial score (nSPS) is 15.4. The maximum atomic E-state index is 12.6. The Morgan fingerprint density at radius 2 is 2.04 bits per heavy atom. The van der Waals surface area contributed by atoms with Gasteiger partial charge in [0.05, 0.1) is 6.61 Å². The van der Waals surface area contributed by atoms with Gasteiger partial charge < -0.3 is 9.64 Å². The number of benzene rings is 1. The third-order valence-electron chi connectivity index (χ3n) is 4.34. The second-order valence-electron chi connectivity index (χ2n) is 6.63. The molecule has 1 heterocycles. The minimum atomic E-state index is -0.150. The molecule has 1 saturated heterocycles. The summed E-state index contributed by atoms with van der Waals surface area (Å²) in [6.07, 6.45) is 2.26. The fraction of sp³-hybridized carbons (Fsp3) is 0.556. The van der Waals surface area contributed by atoms with Crippen LogP contribution in [0.3, 0.4) is 0 Å². The van der Waals surface area contributed by atoms with Crippen LogP contribution in [0.2, 0.25) is 0 Å². The third-order valence-corrected chi connectivity index (χ3v) is 4.34. The second-order valence-corrected chi connectivity index (χ2v) is 6.63. The molecule has 0 aromatic heterocycles. The van der Waals surface area contributed by atoms with Crippen LogP contribution in [0.15, 0.2) is 24.3 Å². The Morgan fingerprint density at radius 1 is 1.33 bits per heavy atom. The molecule has 0 unspecified atom stereocenters. The van der Waals surface area contributed by atoms with E-state index < -0.39 is 0 Å². The molecule has 6 heteroatoms. The molecular formula is C18H27N3O3. The molecule has 2 amide bonds. The summed E-state index contributed by atoms with van der Waals surface area (Å²) in [4.78, 5) is 26.0. The standard InChI is InChI=1S/C18H27N3O3/c1-13(2)8-11-24-16-5-3-4-15(12-16)18(23)21-9-6-14(7-10-21)17(22)20-19/h3-5,12-14H,6-11,19H2,1-2H3,(H,20,22). The molecule has 2 rings (SSSR count). The summed E-state index contributed by atoms with van der Waals surface area (Å²) >= 11 is 0. The minimum Gasteiger partial charge on any atom is -0.494 e. The number of hydrogen-bond donors (Lipinski definition) is 2. The van der Waals surface area contributed by atoms with E-state index in [1.54, 1.807) is 17.0 Å². The van der Waals surface area contributed by atoms with E-state index in [0.29, 0.717) is 44.0 Å². The van der Waals surface area contributed by atoms with Crippen molar-refractivity contribution >= 4 is 11.8 Å². The number of nitrogens with one attached hydrogen (secondary N) is 1. The molecule has 0 radical (unpaired) electrons. The lowest BCUT2D eigenvalue weighted by atomic mass is 9.95. The van der Waals surface area contributed by atoms with Gasteiger partial charge in [-0.3, -0.25) is 15.0 Å². The van der Waals surface area contributed by atoms with Gasteiger partial charge in [-0.05, 0) is 43.4 Å². The van der Waals surface area contributed by atoms with Crippen LogP contribution in [0.1, 0.15) is 43.5 Å². The van der Waals surface area contributed by atoms with Gasteiger partial charge in [-0.1, -0.05) is 19.9 Å². The number of nitrogens with zero attached hydrogens (tertiary/aromatic N) is 1. The predicted molar refractivity (Wildman–Crippen MR) is 92.3 cm³/mol. The zero-order valence-corrected chi connectivity index (χ0v) is 14.5. The van der Waals surface area contributed by atoms with Crippen molar-refractivity contribution in [3.8, 4) is 5.75 Å². The molecule has 1 fully saturated rings. The number of carbonyl (C=O) groups excluding carboxylic acids is 2. The van der Waals surface area contributed by atoms with Crippen molar-refractivity contribution in [1.82, 2.24) is 10.3 Å². The smallest absolute Gasteiger partial charge is 0.253 e. The molecule has 1 aromatic rings. The van der Waals surface area contributed by atoms with E-state index in [1.165, 1.54) is 0 Å². The first-order chi connectivity index (χ1) is 11.5. The summed E-state index contributed by atoms with van der Waals surface area (Å²) in [5.74, 6) is 6.20. The van der Waals surface area contributed by atoms with Crippen molar-refractivity contribution in [2.45, 2.75) is 33.1 Å². The van der Waals surface area contributed by atoms with E-state index >= 15 is 0 Å². The Bertz CT molecular complexity index is 566. The highest BCUT2D eigenvalue weighted by Crippen LogP contribution is 2.21. The van der Waals surface area contributed by atoms with Crippen molar-refractivity contribution in [2.75, 3.05) is 19.7 Å². The summed E-state index contributed by atoms with van der Waals surface area (Å²) in [6.45, 7) is 6.08. The van der Waals surface area contributed by atoms with Crippen LogP contribution < -0.4 is 16.0 Å². The fourth-order valence-electron chi connectivity index (χ4n) is 2.78. The van der Waals surface area contributed by atoms with Crippen molar-refractivity contribution in [1.29, 1.82) is 0 Å². The van der Waals surface area contributed by atoms with E-state index in [0.717, 1.165) is 12.2 Å². The lowest BCUT2D eigenvalue weighted by Crippen LogP contribution is -2.44. The van der Waals surface area contributed by atoms with E-state index in [9.17, 15) is 9.59 Å². The first kappa shape index (κ1) is 18.3. The Hall–Kier alpha value is -2.08. The monoisotopic (exact) mass is 333 g/mol.